The van der Waals surface area contributed by atoms with Gasteiger partial charge in [-0.25, -0.2) is 4.79 Å². The third-order valence-electron chi connectivity index (χ3n) is 1.33. The number of hydrogen-bond donors (Lipinski definition) is 2. The summed E-state index contributed by atoms with van der Waals surface area (Å²) < 4.78 is 0. The summed E-state index contributed by atoms with van der Waals surface area (Å²) in [4.78, 5) is 10.5. The Morgan fingerprint density at radius 3 is 2.75 bits per heavy atom. The molecular formula is C7H15N3O2. The Morgan fingerprint density at radius 2 is 2.33 bits per heavy atom. The van der Waals surface area contributed by atoms with E-state index in [-0.39, 0.29) is 0 Å². The zero-order chi connectivity index (χ0) is 9.40. The lowest BCUT2D eigenvalue weighted by Crippen LogP contribution is -2.18. The van der Waals surface area contributed by atoms with Gasteiger partial charge in [0.15, 0.2) is 6.04 Å². The molecule has 3 N–H and O–H groups in total. The molecule has 0 saturated carbocycles. The van der Waals surface area contributed by atoms with Gasteiger partial charge < -0.3 is 10.8 Å². The van der Waals surface area contributed by atoms with Crippen LogP contribution in [0.3, 0.4) is 0 Å². The third kappa shape index (κ3) is 4.79. The van der Waals surface area contributed by atoms with Crippen molar-refractivity contribution in [1.82, 2.24) is 0 Å². The molecule has 0 aromatic heterocycles. The number of azo groups is 1. The fourth-order valence-electron chi connectivity index (χ4n) is 0.722. The summed E-state index contributed by atoms with van der Waals surface area (Å²) >= 11 is 0. The number of rotatable bonds is 6. The lowest BCUT2D eigenvalue weighted by Gasteiger charge is -2.03. The van der Waals surface area contributed by atoms with E-state index in [1.165, 1.54) is 0 Å². The molecule has 0 rings (SSSR count). The van der Waals surface area contributed by atoms with E-state index < -0.39 is 12.0 Å². The Bertz CT molecular complexity index is 159. The van der Waals surface area contributed by atoms with Crippen LogP contribution in [0.15, 0.2) is 10.2 Å². The Kier molecular flexibility index (Phi) is 6.18. The lowest BCUT2D eigenvalue weighted by molar-refractivity contribution is -0.138. The number of carbonyl (C=O) groups is 1. The van der Waals surface area contributed by atoms with Gasteiger partial charge in [-0.15, -0.1) is 0 Å². The van der Waals surface area contributed by atoms with E-state index in [0.29, 0.717) is 25.9 Å². The summed E-state index contributed by atoms with van der Waals surface area (Å²) in [5.74, 6) is -0.930. The summed E-state index contributed by atoms with van der Waals surface area (Å²) in [6.07, 6.45) is 1.13. The van der Waals surface area contributed by atoms with Crippen LogP contribution >= 0.6 is 0 Å². The number of nitrogens with two attached hydrogens (primary N) is 1. The van der Waals surface area contributed by atoms with Crippen LogP contribution in [0.5, 0.6) is 0 Å². The van der Waals surface area contributed by atoms with Crippen molar-refractivity contribution >= 4 is 5.97 Å². The Labute approximate surface area is 71.7 Å². The number of carboxylic acid groups (broad SMARTS) is 1. The van der Waals surface area contributed by atoms with Gasteiger partial charge in [0.1, 0.15) is 0 Å². The van der Waals surface area contributed by atoms with Crippen molar-refractivity contribution in [3.8, 4) is 0 Å². The predicted octanol–water partition coefficient (Wildman–Crippen LogP) is 0.651. The highest BCUT2D eigenvalue weighted by atomic mass is 16.4. The van der Waals surface area contributed by atoms with Crippen molar-refractivity contribution in [2.24, 2.45) is 16.0 Å². The summed E-state index contributed by atoms with van der Waals surface area (Å²) in [6, 6.07) is -0.714. The Morgan fingerprint density at radius 1 is 1.67 bits per heavy atom. The summed E-state index contributed by atoms with van der Waals surface area (Å²) in [5, 5.41) is 15.9. The zero-order valence-electron chi connectivity index (χ0n) is 7.23. The Balaban J connectivity index is 3.86. The van der Waals surface area contributed by atoms with E-state index in [2.05, 4.69) is 10.2 Å². The highest BCUT2D eigenvalue weighted by molar-refractivity contribution is 5.73. The van der Waals surface area contributed by atoms with Crippen molar-refractivity contribution in [1.29, 1.82) is 0 Å². The fourth-order valence-corrected chi connectivity index (χ4v) is 0.722. The first-order chi connectivity index (χ1) is 5.72. The van der Waals surface area contributed by atoms with Crippen LogP contribution in [0.2, 0.25) is 0 Å². The van der Waals surface area contributed by atoms with Gasteiger partial charge in [0.05, 0.1) is 6.54 Å². The first-order valence-corrected chi connectivity index (χ1v) is 4.01. The smallest absolute Gasteiger partial charge is 0.330 e. The van der Waals surface area contributed by atoms with Crippen molar-refractivity contribution in [3.63, 3.8) is 0 Å². The average Bonchev–Trinajstić information content (AvgIpc) is 2.04. The third-order valence-corrected chi connectivity index (χ3v) is 1.33. The van der Waals surface area contributed by atoms with E-state index in [1.54, 1.807) is 0 Å². The summed E-state index contributed by atoms with van der Waals surface area (Å²) in [7, 11) is 0. The van der Waals surface area contributed by atoms with Crippen LogP contribution in [0, 0.1) is 0 Å². The molecule has 0 radical (unpaired) electrons. The topological polar surface area (TPSA) is 88.0 Å². The van der Waals surface area contributed by atoms with Gasteiger partial charge in [-0.3, -0.25) is 0 Å². The maximum absolute atomic E-state index is 10.5. The second-order valence-corrected chi connectivity index (χ2v) is 2.36. The molecule has 0 aliphatic rings. The van der Waals surface area contributed by atoms with Crippen LogP contribution in [-0.2, 0) is 4.79 Å². The zero-order valence-corrected chi connectivity index (χ0v) is 7.23. The number of nitrogens with zero attached hydrogens (tertiary/aromatic N) is 2. The van der Waals surface area contributed by atoms with Crippen LogP contribution in [-0.4, -0.2) is 30.2 Å². The molecule has 0 amide bonds. The minimum absolute atomic E-state index is 0.468. The second-order valence-electron chi connectivity index (χ2n) is 2.36. The quantitative estimate of drug-likeness (QED) is 0.578. The molecule has 0 aliphatic heterocycles. The highest BCUT2D eigenvalue weighted by Gasteiger charge is 2.14. The first-order valence-electron chi connectivity index (χ1n) is 4.01. The van der Waals surface area contributed by atoms with Gasteiger partial charge in [-0.05, 0) is 26.3 Å². The molecule has 0 heterocycles. The first kappa shape index (κ1) is 11.0. The normalized spacial score (nSPS) is 13.5. The standard InChI is InChI=1S/C7H15N3O2/c1-2-9-10-6(7(11)12)4-3-5-8/h6H,2-5,8H2,1H3,(H,11,12)/t6-/m0/s1. The fraction of sp³-hybridized carbons (Fsp3) is 0.857. The number of carboxylic acids is 1. The van der Waals surface area contributed by atoms with Crippen molar-refractivity contribution in [2.75, 3.05) is 13.1 Å². The molecule has 5 heteroatoms. The maximum Gasteiger partial charge on any atom is 0.330 e. The van der Waals surface area contributed by atoms with Crippen LogP contribution < -0.4 is 5.73 Å². The average molecular weight is 173 g/mol. The molecule has 0 aliphatic carbocycles. The molecule has 1 atom stereocenters. The molecule has 5 nitrogen and oxygen atoms in total. The van der Waals surface area contributed by atoms with Gasteiger partial charge in [0, 0.05) is 0 Å². The highest BCUT2D eigenvalue weighted by Crippen LogP contribution is 2.02. The molecule has 0 saturated heterocycles. The molecule has 0 aromatic carbocycles. The molecule has 12 heavy (non-hydrogen) atoms. The Hall–Kier alpha value is -0.970. The molecule has 0 unspecified atom stereocenters. The number of aliphatic carboxylic acids is 1. The predicted molar refractivity (Wildman–Crippen MR) is 45.1 cm³/mol. The van der Waals surface area contributed by atoms with Gasteiger partial charge in [0.2, 0.25) is 0 Å². The van der Waals surface area contributed by atoms with Gasteiger partial charge in [0.25, 0.3) is 0 Å². The molecule has 0 spiro atoms. The van der Waals surface area contributed by atoms with Crippen molar-refractivity contribution < 1.29 is 9.90 Å². The SMILES string of the molecule is CCN=N[C@@H](CCCN)C(=O)O. The molecule has 0 fully saturated rings. The van der Waals surface area contributed by atoms with E-state index in [0.717, 1.165) is 0 Å². The minimum Gasteiger partial charge on any atom is -0.480 e. The van der Waals surface area contributed by atoms with E-state index in [9.17, 15) is 4.79 Å². The summed E-state index contributed by atoms with van der Waals surface area (Å²) in [6.45, 7) is 2.82. The van der Waals surface area contributed by atoms with Crippen LogP contribution in [0.25, 0.3) is 0 Å². The minimum atomic E-state index is -0.930. The van der Waals surface area contributed by atoms with E-state index in [1.807, 2.05) is 6.92 Å². The van der Waals surface area contributed by atoms with Gasteiger partial charge >= 0.3 is 5.97 Å². The lowest BCUT2D eigenvalue weighted by atomic mass is 10.2. The van der Waals surface area contributed by atoms with Gasteiger partial charge in [-0.2, -0.15) is 10.2 Å². The molecule has 0 aromatic rings. The van der Waals surface area contributed by atoms with Crippen molar-refractivity contribution in [3.05, 3.63) is 0 Å². The second kappa shape index (κ2) is 6.72. The molecule has 0 bridgehead atoms. The van der Waals surface area contributed by atoms with E-state index >= 15 is 0 Å². The van der Waals surface area contributed by atoms with Crippen LogP contribution in [0.1, 0.15) is 19.8 Å². The van der Waals surface area contributed by atoms with E-state index in [4.69, 9.17) is 10.8 Å². The molecular weight excluding hydrogens is 158 g/mol. The number of hydrogen-bond acceptors (Lipinski definition) is 4. The summed E-state index contributed by atoms with van der Waals surface area (Å²) in [5.41, 5.74) is 5.24. The molecule has 70 valence electrons. The maximum atomic E-state index is 10.5. The van der Waals surface area contributed by atoms with Crippen LogP contribution in [0.4, 0.5) is 0 Å². The van der Waals surface area contributed by atoms with Crippen molar-refractivity contribution in [2.45, 2.75) is 25.8 Å². The van der Waals surface area contributed by atoms with Gasteiger partial charge in [-0.1, -0.05) is 0 Å². The monoisotopic (exact) mass is 173 g/mol. The largest absolute Gasteiger partial charge is 0.480 e.